The molecule has 4 aliphatic carbocycles. The number of alkyl halides is 1. The number of halogens is 1. The van der Waals surface area contributed by atoms with E-state index in [-0.39, 0.29) is 22.9 Å². The second kappa shape index (κ2) is 5.54. The Hall–Kier alpha value is -0.930. The van der Waals surface area contributed by atoms with E-state index in [2.05, 4.69) is 6.92 Å². The fourth-order valence-corrected chi connectivity index (χ4v) is 6.34. The van der Waals surface area contributed by atoms with Crippen LogP contribution in [0.15, 0.2) is 22.8 Å². The average molecular weight is 349 g/mol. The van der Waals surface area contributed by atoms with E-state index < -0.39 is 5.60 Å². The fraction of sp³-hybridized carbons (Fsp3) is 0.700. The van der Waals surface area contributed by atoms with Crippen LogP contribution >= 0.6 is 11.6 Å². The molecule has 0 spiro atoms. The molecule has 3 nitrogen and oxygen atoms in total. The Balaban J connectivity index is 1.72. The zero-order valence-corrected chi connectivity index (χ0v) is 15.0. The lowest BCUT2D eigenvalue weighted by Crippen LogP contribution is -2.54. The van der Waals surface area contributed by atoms with Crippen LogP contribution in [0.3, 0.4) is 0 Å². The number of aliphatic hydroxyl groups is 1. The maximum absolute atomic E-state index is 12.4. The minimum absolute atomic E-state index is 0.105. The van der Waals surface area contributed by atoms with Gasteiger partial charge in [-0.1, -0.05) is 12.5 Å². The highest BCUT2D eigenvalue weighted by Crippen LogP contribution is 2.63. The van der Waals surface area contributed by atoms with Crippen LogP contribution in [0, 0.1) is 17.3 Å². The maximum Gasteiger partial charge on any atom is 0.179 e. The van der Waals surface area contributed by atoms with Gasteiger partial charge in [0, 0.05) is 11.8 Å². The maximum atomic E-state index is 12.4. The van der Waals surface area contributed by atoms with Crippen LogP contribution in [0.5, 0.6) is 0 Å². The van der Waals surface area contributed by atoms with E-state index in [1.54, 1.807) is 0 Å². The van der Waals surface area contributed by atoms with Gasteiger partial charge in [-0.15, -0.1) is 11.6 Å². The average Bonchev–Trinajstić information content (AvgIpc) is 2.86. The van der Waals surface area contributed by atoms with Crippen LogP contribution in [0.2, 0.25) is 0 Å². The summed E-state index contributed by atoms with van der Waals surface area (Å²) in [7, 11) is 0. The van der Waals surface area contributed by atoms with E-state index in [1.807, 2.05) is 6.08 Å². The molecular weight excluding hydrogens is 324 g/mol. The molecule has 0 bridgehead atoms. The lowest BCUT2D eigenvalue weighted by Gasteiger charge is -2.51. The molecular formula is C20H25ClO3. The van der Waals surface area contributed by atoms with Crippen molar-refractivity contribution in [1.82, 2.24) is 0 Å². The number of fused-ring (bicyclic) bond motifs is 4. The summed E-state index contributed by atoms with van der Waals surface area (Å²) in [6, 6.07) is 0. The molecule has 2 saturated carbocycles. The van der Waals surface area contributed by atoms with Gasteiger partial charge in [0.1, 0.15) is 5.60 Å². The van der Waals surface area contributed by atoms with Crippen LogP contribution in [-0.2, 0) is 9.59 Å². The molecule has 0 unspecified atom stereocenters. The first-order valence-corrected chi connectivity index (χ1v) is 9.71. The third-order valence-corrected chi connectivity index (χ3v) is 7.71. The highest BCUT2D eigenvalue weighted by molar-refractivity contribution is 6.29. The Labute approximate surface area is 148 Å². The Morgan fingerprint density at radius 2 is 2.04 bits per heavy atom. The van der Waals surface area contributed by atoms with E-state index in [9.17, 15) is 14.7 Å². The summed E-state index contributed by atoms with van der Waals surface area (Å²) in [5, 5.41) is 11.2. The first kappa shape index (κ1) is 16.5. The highest BCUT2D eigenvalue weighted by Gasteiger charge is 2.63. The second-order valence-electron chi connectivity index (χ2n) is 8.26. The topological polar surface area (TPSA) is 54.4 Å². The summed E-state index contributed by atoms with van der Waals surface area (Å²) >= 11 is 5.80. The van der Waals surface area contributed by atoms with Gasteiger partial charge in [0.15, 0.2) is 11.6 Å². The molecule has 1 N–H and O–H groups in total. The summed E-state index contributed by atoms with van der Waals surface area (Å²) in [6.45, 7) is 2.10. The first-order chi connectivity index (χ1) is 11.4. The molecule has 0 saturated heterocycles. The molecule has 4 rings (SSSR count). The Morgan fingerprint density at radius 3 is 2.79 bits per heavy atom. The van der Waals surface area contributed by atoms with E-state index in [1.165, 1.54) is 16.7 Å². The van der Waals surface area contributed by atoms with E-state index in [4.69, 9.17) is 11.6 Å². The monoisotopic (exact) mass is 348 g/mol. The lowest BCUT2D eigenvalue weighted by molar-refractivity contribution is -0.151. The molecule has 0 amide bonds. The number of rotatable bonds is 2. The van der Waals surface area contributed by atoms with Crippen molar-refractivity contribution in [2.24, 2.45) is 17.3 Å². The summed E-state index contributed by atoms with van der Waals surface area (Å²) in [6.07, 6.45) is 8.60. The first-order valence-electron chi connectivity index (χ1n) is 9.18. The smallest absolute Gasteiger partial charge is 0.179 e. The van der Waals surface area contributed by atoms with E-state index >= 15 is 0 Å². The summed E-state index contributed by atoms with van der Waals surface area (Å²) in [5.74, 6) is 0.763. The Kier molecular flexibility index (Phi) is 3.81. The van der Waals surface area contributed by atoms with Crippen LogP contribution in [0.25, 0.3) is 0 Å². The van der Waals surface area contributed by atoms with Crippen molar-refractivity contribution in [3.05, 3.63) is 22.8 Å². The van der Waals surface area contributed by atoms with Crippen LogP contribution < -0.4 is 0 Å². The molecule has 4 atom stereocenters. The molecule has 2 fully saturated rings. The summed E-state index contributed by atoms with van der Waals surface area (Å²) in [4.78, 5) is 24.1. The molecule has 0 radical (unpaired) electrons. The standard InChI is InChI=1S/C20H25ClO3/c1-19-8-6-15-14-5-3-13(22)10-12(14)2-4-16(15)17(19)7-9-20(19,24)18(23)11-21/h10,16-17,24H,2-9,11H2,1H3/t16-,17+,19+,20+/m1/s1. The van der Waals surface area contributed by atoms with Crippen LogP contribution in [0.4, 0.5) is 0 Å². The van der Waals surface area contributed by atoms with Gasteiger partial charge in [-0.2, -0.15) is 0 Å². The minimum Gasteiger partial charge on any atom is -0.381 e. The number of allylic oxidation sites excluding steroid dienone is 4. The van der Waals surface area contributed by atoms with Gasteiger partial charge < -0.3 is 5.11 Å². The van der Waals surface area contributed by atoms with Gasteiger partial charge in [-0.25, -0.2) is 0 Å². The van der Waals surface area contributed by atoms with E-state index in [0.29, 0.717) is 24.7 Å². The predicted octanol–water partition coefficient (Wildman–Crippen LogP) is 3.73. The quantitative estimate of drug-likeness (QED) is 0.773. The number of Topliss-reactive ketones (excluding diaryl/α,β-unsaturated/α-hetero) is 1. The zero-order chi connectivity index (χ0) is 17.1. The molecule has 0 aromatic rings. The van der Waals surface area contributed by atoms with Gasteiger partial charge in [0.05, 0.1) is 5.88 Å². The highest BCUT2D eigenvalue weighted by atomic mass is 35.5. The molecule has 0 aliphatic heterocycles. The Bertz CT molecular complexity index is 676. The van der Waals surface area contributed by atoms with Crippen molar-refractivity contribution in [3.63, 3.8) is 0 Å². The second-order valence-corrected chi connectivity index (χ2v) is 8.53. The lowest BCUT2D eigenvalue weighted by atomic mass is 9.54. The van der Waals surface area contributed by atoms with Crippen molar-refractivity contribution in [3.8, 4) is 0 Å². The van der Waals surface area contributed by atoms with Crippen LogP contribution in [-0.4, -0.2) is 28.2 Å². The van der Waals surface area contributed by atoms with Crippen molar-refractivity contribution in [2.75, 3.05) is 5.88 Å². The summed E-state index contributed by atoms with van der Waals surface area (Å²) in [5.41, 5.74) is 2.58. The number of carbonyl (C=O) groups is 2. The zero-order valence-electron chi connectivity index (χ0n) is 14.2. The van der Waals surface area contributed by atoms with Gasteiger partial charge >= 0.3 is 0 Å². The molecule has 4 aliphatic rings. The number of carbonyl (C=O) groups excluding carboxylic acids is 2. The number of ketones is 2. The van der Waals surface area contributed by atoms with Gasteiger partial charge in [0.25, 0.3) is 0 Å². The van der Waals surface area contributed by atoms with Crippen molar-refractivity contribution < 1.29 is 14.7 Å². The fourth-order valence-electron chi connectivity index (χ4n) is 6.12. The Morgan fingerprint density at radius 1 is 1.25 bits per heavy atom. The molecule has 130 valence electrons. The molecule has 0 heterocycles. The molecule has 24 heavy (non-hydrogen) atoms. The largest absolute Gasteiger partial charge is 0.381 e. The molecule has 0 aromatic carbocycles. The van der Waals surface area contributed by atoms with E-state index in [0.717, 1.165) is 38.5 Å². The third kappa shape index (κ3) is 2.07. The summed E-state index contributed by atoms with van der Waals surface area (Å²) < 4.78 is 0. The van der Waals surface area contributed by atoms with Crippen LogP contribution in [0.1, 0.15) is 58.3 Å². The number of hydrogen-bond acceptors (Lipinski definition) is 3. The van der Waals surface area contributed by atoms with Gasteiger partial charge in [-0.05, 0) is 74.0 Å². The molecule has 4 heteroatoms. The van der Waals surface area contributed by atoms with Crippen molar-refractivity contribution in [2.45, 2.75) is 63.9 Å². The normalized spacial score (nSPS) is 41.5. The van der Waals surface area contributed by atoms with Gasteiger partial charge in [-0.3, -0.25) is 9.59 Å². The third-order valence-electron chi connectivity index (χ3n) is 7.47. The SMILES string of the molecule is C[C@]12CCC3=C4CCC(=O)C=C4CC[C@H]3[C@@H]1CC[C@]2(O)C(=O)CCl. The van der Waals surface area contributed by atoms with Crippen molar-refractivity contribution >= 4 is 23.2 Å². The number of hydrogen-bond donors (Lipinski definition) is 1. The van der Waals surface area contributed by atoms with Gasteiger partial charge in [0.2, 0.25) is 0 Å². The molecule has 0 aromatic heterocycles. The minimum atomic E-state index is -1.26. The predicted molar refractivity (Wildman–Crippen MR) is 92.8 cm³/mol. The van der Waals surface area contributed by atoms with Crippen molar-refractivity contribution in [1.29, 1.82) is 0 Å².